The van der Waals surface area contributed by atoms with Gasteiger partial charge in [-0.25, -0.2) is 0 Å². The first-order valence-electron chi connectivity index (χ1n) is 4.97. The monoisotopic (exact) mass is 255 g/mol. The zero-order valence-electron chi connectivity index (χ0n) is 8.22. The molecule has 0 saturated carbocycles. The molecule has 0 aromatic heterocycles. The highest BCUT2D eigenvalue weighted by molar-refractivity contribution is 9.10. The summed E-state index contributed by atoms with van der Waals surface area (Å²) < 4.78 is 6.69. The first kappa shape index (κ1) is 9.99. The van der Waals surface area contributed by atoms with Crippen molar-refractivity contribution in [3.63, 3.8) is 0 Å². The Balaban J connectivity index is 2.30. The molecule has 1 unspecified atom stereocenters. The van der Waals surface area contributed by atoms with Crippen LogP contribution in [-0.2, 0) is 0 Å². The molecule has 1 aromatic rings. The van der Waals surface area contributed by atoms with Crippen molar-refractivity contribution in [2.75, 3.05) is 13.2 Å². The third-order valence-electron chi connectivity index (χ3n) is 2.47. The smallest absolute Gasteiger partial charge is 0.125 e. The van der Waals surface area contributed by atoms with Crippen LogP contribution in [0.1, 0.15) is 24.9 Å². The number of benzene rings is 1. The summed E-state index contributed by atoms with van der Waals surface area (Å²) in [6.45, 7) is 3.94. The van der Waals surface area contributed by atoms with Gasteiger partial charge in [0, 0.05) is 22.5 Å². The maximum Gasteiger partial charge on any atom is 0.125 e. The zero-order valence-corrected chi connectivity index (χ0v) is 9.80. The fraction of sp³-hybridized carbons (Fsp3) is 0.455. The third kappa shape index (κ3) is 1.93. The average molecular weight is 256 g/mol. The minimum absolute atomic E-state index is 0.455. The second-order valence-electron chi connectivity index (χ2n) is 3.43. The summed E-state index contributed by atoms with van der Waals surface area (Å²) in [6, 6.07) is 6.69. The molecule has 0 aliphatic carbocycles. The van der Waals surface area contributed by atoms with Crippen LogP contribution in [0, 0.1) is 0 Å². The molecule has 76 valence electrons. The third-order valence-corrected chi connectivity index (χ3v) is 2.96. The number of halogens is 1. The van der Waals surface area contributed by atoms with Crippen molar-refractivity contribution in [1.29, 1.82) is 0 Å². The molecule has 0 spiro atoms. The maximum atomic E-state index is 5.61. The Morgan fingerprint density at radius 2 is 2.43 bits per heavy atom. The zero-order chi connectivity index (χ0) is 9.97. The molecule has 1 N–H and O–H groups in total. The largest absolute Gasteiger partial charge is 0.493 e. The molecule has 0 bridgehead atoms. The van der Waals surface area contributed by atoms with Crippen molar-refractivity contribution >= 4 is 15.9 Å². The van der Waals surface area contributed by atoms with Crippen LogP contribution in [0.15, 0.2) is 22.7 Å². The molecule has 1 aliphatic heterocycles. The van der Waals surface area contributed by atoms with Gasteiger partial charge in [0.05, 0.1) is 6.61 Å². The minimum Gasteiger partial charge on any atom is -0.493 e. The Labute approximate surface area is 92.8 Å². The van der Waals surface area contributed by atoms with Crippen LogP contribution in [0.25, 0.3) is 0 Å². The second kappa shape index (κ2) is 4.32. The van der Waals surface area contributed by atoms with Crippen molar-refractivity contribution in [3.8, 4) is 5.75 Å². The highest BCUT2D eigenvalue weighted by Gasteiger charge is 2.20. The predicted octanol–water partition coefficient (Wildman–Crippen LogP) is 2.88. The molecule has 0 fully saturated rings. The fourth-order valence-corrected chi connectivity index (χ4v) is 2.16. The van der Waals surface area contributed by atoms with E-state index in [0.29, 0.717) is 6.04 Å². The summed E-state index contributed by atoms with van der Waals surface area (Å²) in [5.41, 5.74) is 1.28. The van der Waals surface area contributed by atoms with E-state index in [0.717, 1.165) is 29.8 Å². The molecule has 2 nitrogen and oxygen atoms in total. The highest BCUT2D eigenvalue weighted by atomic mass is 79.9. The highest BCUT2D eigenvalue weighted by Crippen LogP contribution is 2.33. The summed E-state index contributed by atoms with van der Waals surface area (Å²) in [4.78, 5) is 0. The molecule has 3 heteroatoms. The number of hydrogen-bond donors (Lipinski definition) is 1. The van der Waals surface area contributed by atoms with E-state index < -0.39 is 0 Å². The molecule has 1 aromatic carbocycles. The van der Waals surface area contributed by atoms with E-state index in [1.54, 1.807) is 0 Å². The van der Waals surface area contributed by atoms with Crippen LogP contribution < -0.4 is 10.1 Å². The van der Waals surface area contributed by atoms with Crippen molar-refractivity contribution in [3.05, 3.63) is 28.2 Å². The minimum atomic E-state index is 0.455. The molecule has 1 aliphatic rings. The second-order valence-corrected chi connectivity index (χ2v) is 4.35. The normalized spacial score (nSPS) is 20.0. The molecule has 2 rings (SSSR count). The standard InChI is InChI=1S/C11H14BrNO/c1-2-13-10-5-6-14-11-7-8(12)3-4-9(10)11/h3-4,7,10,13H,2,5-6H2,1H3. The summed E-state index contributed by atoms with van der Waals surface area (Å²) in [6.07, 6.45) is 1.06. The fourth-order valence-electron chi connectivity index (χ4n) is 1.82. The van der Waals surface area contributed by atoms with Crippen LogP contribution in [0.2, 0.25) is 0 Å². The summed E-state index contributed by atoms with van der Waals surface area (Å²) >= 11 is 3.45. The molecular weight excluding hydrogens is 242 g/mol. The van der Waals surface area contributed by atoms with Crippen LogP contribution in [0.4, 0.5) is 0 Å². The average Bonchev–Trinajstić information content (AvgIpc) is 2.18. The predicted molar refractivity (Wildman–Crippen MR) is 60.7 cm³/mol. The molecular formula is C11H14BrNO. The van der Waals surface area contributed by atoms with E-state index in [-0.39, 0.29) is 0 Å². The summed E-state index contributed by atoms with van der Waals surface area (Å²) in [5, 5.41) is 3.46. The number of rotatable bonds is 2. The molecule has 0 saturated heterocycles. The Morgan fingerprint density at radius 3 is 3.21 bits per heavy atom. The molecule has 1 atom stereocenters. The first-order chi connectivity index (χ1) is 6.81. The van der Waals surface area contributed by atoms with Gasteiger partial charge in [-0.3, -0.25) is 0 Å². The van der Waals surface area contributed by atoms with E-state index in [9.17, 15) is 0 Å². The van der Waals surface area contributed by atoms with Gasteiger partial charge in [0.1, 0.15) is 5.75 Å². The van der Waals surface area contributed by atoms with Gasteiger partial charge in [-0.05, 0) is 18.7 Å². The van der Waals surface area contributed by atoms with Crippen LogP contribution in [0.5, 0.6) is 5.75 Å². The Bertz CT molecular complexity index is 327. The summed E-state index contributed by atoms with van der Waals surface area (Å²) in [7, 11) is 0. The van der Waals surface area contributed by atoms with Crippen LogP contribution >= 0.6 is 15.9 Å². The van der Waals surface area contributed by atoms with Gasteiger partial charge in [0.2, 0.25) is 0 Å². The van der Waals surface area contributed by atoms with Crippen molar-refractivity contribution in [1.82, 2.24) is 5.32 Å². The molecule has 0 amide bonds. The molecule has 1 heterocycles. The van der Waals surface area contributed by atoms with Gasteiger partial charge in [0.15, 0.2) is 0 Å². The van der Waals surface area contributed by atoms with Crippen molar-refractivity contribution in [2.24, 2.45) is 0 Å². The maximum absolute atomic E-state index is 5.61. The molecule has 14 heavy (non-hydrogen) atoms. The lowest BCUT2D eigenvalue weighted by Crippen LogP contribution is -2.26. The van der Waals surface area contributed by atoms with Gasteiger partial charge in [-0.2, -0.15) is 0 Å². The van der Waals surface area contributed by atoms with E-state index in [2.05, 4.69) is 40.3 Å². The van der Waals surface area contributed by atoms with Gasteiger partial charge >= 0.3 is 0 Å². The Kier molecular flexibility index (Phi) is 3.08. The number of nitrogens with one attached hydrogen (secondary N) is 1. The quantitative estimate of drug-likeness (QED) is 0.878. The van der Waals surface area contributed by atoms with E-state index >= 15 is 0 Å². The number of ether oxygens (including phenoxy) is 1. The summed E-state index contributed by atoms with van der Waals surface area (Å²) in [5.74, 6) is 1.01. The lowest BCUT2D eigenvalue weighted by atomic mass is 10.0. The topological polar surface area (TPSA) is 21.3 Å². The lowest BCUT2D eigenvalue weighted by Gasteiger charge is -2.26. The van der Waals surface area contributed by atoms with Crippen LogP contribution in [0.3, 0.4) is 0 Å². The number of fused-ring (bicyclic) bond motifs is 1. The van der Waals surface area contributed by atoms with Crippen molar-refractivity contribution in [2.45, 2.75) is 19.4 Å². The van der Waals surface area contributed by atoms with E-state index in [4.69, 9.17) is 4.74 Å². The van der Waals surface area contributed by atoms with E-state index in [1.807, 2.05) is 6.07 Å². The van der Waals surface area contributed by atoms with Gasteiger partial charge in [-0.1, -0.05) is 28.9 Å². The first-order valence-corrected chi connectivity index (χ1v) is 5.76. The number of hydrogen-bond acceptors (Lipinski definition) is 2. The molecule has 0 radical (unpaired) electrons. The Hall–Kier alpha value is -0.540. The lowest BCUT2D eigenvalue weighted by molar-refractivity contribution is 0.254. The Morgan fingerprint density at radius 1 is 1.57 bits per heavy atom. The van der Waals surface area contributed by atoms with E-state index in [1.165, 1.54) is 5.56 Å². The van der Waals surface area contributed by atoms with Gasteiger partial charge in [-0.15, -0.1) is 0 Å². The SMILES string of the molecule is CCNC1CCOc2cc(Br)ccc21. The van der Waals surface area contributed by atoms with Crippen molar-refractivity contribution < 1.29 is 4.74 Å². The van der Waals surface area contributed by atoms with Crippen LogP contribution in [-0.4, -0.2) is 13.2 Å². The van der Waals surface area contributed by atoms with Gasteiger partial charge in [0.25, 0.3) is 0 Å². The van der Waals surface area contributed by atoms with Gasteiger partial charge < -0.3 is 10.1 Å².